The number of ether oxygens (including phenoxy) is 1. The molecular weight excluding hydrogens is 468 g/mol. The van der Waals surface area contributed by atoms with E-state index in [1.54, 1.807) is 55.6 Å². The largest absolute Gasteiger partial charge is 0.497 e. The van der Waals surface area contributed by atoms with E-state index in [0.717, 1.165) is 10.6 Å². The number of aryl methyl sites for hydroxylation is 1. The van der Waals surface area contributed by atoms with E-state index in [1.165, 1.54) is 22.7 Å². The number of halogens is 1. The molecule has 0 aliphatic carbocycles. The van der Waals surface area contributed by atoms with E-state index in [4.69, 9.17) is 16.3 Å². The monoisotopic (exact) mass is 484 g/mol. The fraction of sp³-hybridized carbons (Fsp3) is 0.0909. The number of carbonyl (C=O) groups is 2. The maximum absolute atomic E-state index is 12.5. The first-order valence-electron chi connectivity index (χ1n) is 9.39. The van der Waals surface area contributed by atoms with Crippen LogP contribution in [0.3, 0.4) is 0 Å². The van der Waals surface area contributed by atoms with Gasteiger partial charge in [-0.1, -0.05) is 35.1 Å². The zero-order chi connectivity index (χ0) is 22.7. The first kappa shape index (κ1) is 21.9. The number of benzene rings is 2. The second-order valence-corrected chi connectivity index (χ2v) is 8.85. The van der Waals surface area contributed by atoms with Gasteiger partial charge in [0.15, 0.2) is 10.3 Å². The van der Waals surface area contributed by atoms with Crippen molar-refractivity contribution in [3.63, 3.8) is 0 Å². The van der Waals surface area contributed by atoms with Gasteiger partial charge in [0.2, 0.25) is 0 Å². The minimum atomic E-state index is -0.329. The molecule has 0 bridgehead atoms. The van der Waals surface area contributed by atoms with Crippen LogP contribution in [-0.2, 0) is 0 Å². The van der Waals surface area contributed by atoms with Gasteiger partial charge >= 0.3 is 0 Å². The van der Waals surface area contributed by atoms with Crippen LogP contribution in [0.2, 0.25) is 5.02 Å². The van der Waals surface area contributed by atoms with Crippen LogP contribution in [0, 0.1) is 6.92 Å². The van der Waals surface area contributed by atoms with Crippen LogP contribution in [0.25, 0.3) is 10.6 Å². The molecule has 32 heavy (non-hydrogen) atoms. The van der Waals surface area contributed by atoms with E-state index >= 15 is 0 Å². The summed E-state index contributed by atoms with van der Waals surface area (Å²) in [7, 11) is 1.57. The molecule has 0 fully saturated rings. The molecule has 4 aromatic rings. The predicted molar refractivity (Wildman–Crippen MR) is 128 cm³/mol. The fourth-order valence-electron chi connectivity index (χ4n) is 2.84. The molecule has 0 aliphatic rings. The summed E-state index contributed by atoms with van der Waals surface area (Å²) in [6.07, 6.45) is 0. The molecular formula is C22H17ClN4O3S2. The van der Waals surface area contributed by atoms with E-state index in [1.807, 2.05) is 12.3 Å². The van der Waals surface area contributed by atoms with Crippen LogP contribution >= 0.6 is 34.3 Å². The molecule has 2 amide bonds. The molecule has 2 heterocycles. The lowest BCUT2D eigenvalue weighted by molar-refractivity contribution is 0.101. The minimum Gasteiger partial charge on any atom is -0.497 e. The smallest absolute Gasteiger partial charge is 0.258 e. The SMILES string of the molecule is COc1ccc(C(=O)Nc2nc(C)c(-c3csc(NC(=O)c4ccccc4Cl)n3)s2)cc1. The van der Waals surface area contributed by atoms with Crippen molar-refractivity contribution in [2.24, 2.45) is 0 Å². The normalized spacial score (nSPS) is 10.6. The molecule has 2 N–H and O–H groups in total. The van der Waals surface area contributed by atoms with Gasteiger partial charge in [-0.2, -0.15) is 0 Å². The van der Waals surface area contributed by atoms with Gasteiger partial charge in [-0.15, -0.1) is 11.3 Å². The lowest BCUT2D eigenvalue weighted by Crippen LogP contribution is -2.12. The van der Waals surface area contributed by atoms with Crippen molar-refractivity contribution in [2.45, 2.75) is 6.92 Å². The van der Waals surface area contributed by atoms with Gasteiger partial charge in [-0.25, -0.2) is 9.97 Å². The van der Waals surface area contributed by atoms with Crippen molar-refractivity contribution in [3.8, 4) is 16.3 Å². The van der Waals surface area contributed by atoms with Crippen molar-refractivity contribution in [3.05, 3.63) is 75.8 Å². The highest BCUT2D eigenvalue weighted by Crippen LogP contribution is 2.35. The highest BCUT2D eigenvalue weighted by molar-refractivity contribution is 7.20. The Balaban J connectivity index is 1.47. The van der Waals surface area contributed by atoms with Crippen LogP contribution in [0.4, 0.5) is 10.3 Å². The number of aromatic nitrogens is 2. The average molecular weight is 485 g/mol. The number of nitrogens with one attached hydrogen (secondary N) is 2. The number of thiazole rings is 2. The van der Waals surface area contributed by atoms with Crippen LogP contribution in [0.1, 0.15) is 26.4 Å². The lowest BCUT2D eigenvalue weighted by Gasteiger charge is -2.03. The Bertz CT molecular complexity index is 1280. The van der Waals surface area contributed by atoms with Crippen LogP contribution in [-0.4, -0.2) is 28.9 Å². The third-order valence-corrected chi connectivity index (χ3v) is 6.63. The highest BCUT2D eigenvalue weighted by atomic mass is 35.5. The topological polar surface area (TPSA) is 93.2 Å². The maximum Gasteiger partial charge on any atom is 0.258 e. The number of carbonyl (C=O) groups excluding carboxylic acids is 2. The molecule has 0 atom stereocenters. The summed E-state index contributed by atoms with van der Waals surface area (Å²) in [5.41, 5.74) is 2.28. The van der Waals surface area contributed by atoms with E-state index < -0.39 is 0 Å². The van der Waals surface area contributed by atoms with Crippen molar-refractivity contribution < 1.29 is 14.3 Å². The van der Waals surface area contributed by atoms with Crippen LogP contribution in [0.5, 0.6) is 5.75 Å². The Morgan fingerprint density at radius 3 is 2.41 bits per heavy atom. The van der Waals surface area contributed by atoms with Crippen molar-refractivity contribution >= 4 is 56.4 Å². The van der Waals surface area contributed by atoms with Crippen molar-refractivity contribution in [1.82, 2.24) is 9.97 Å². The molecule has 7 nitrogen and oxygen atoms in total. The molecule has 0 unspecified atom stereocenters. The van der Waals surface area contributed by atoms with Gasteiger partial charge in [-0.05, 0) is 43.3 Å². The Morgan fingerprint density at radius 2 is 1.69 bits per heavy atom. The first-order valence-corrected chi connectivity index (χ1v) is 11.5. The van der Waals surface area contributed by atoms with Crippen LogP contribution < -0.4 is 15.4 Å². The van der Waals surface area contributed by atoms with E-state index in [-0.39, 0.29) is 11.8 Å². The van der Waals surface area contributed by atoms with Gasteiger partial charge in [0.05, 0.1) is 34.0 Å². The van der Waals surface area contributed by atoms with E-state index in [2.05, 4.69) is 20.6 Å². The molecule has 10 heteroatoms. The summed E-state index contributed by atoms with van der Waals surface area (Å²) in [6.45, 7) is 1.84. The number of nitrogens with zero attached hydrogens (tertiary/aromatic N) is 2. The Morgan fingerprint density at radius 1 is 0.969 bits per heavy atom. The summed E-state index contributed by atoms with van der Waals surface area (Å²) >= 11 is 8.70. The molecule has 2 aromatic heterocycles. The number of hydrogen-bond acceptors (Lipinski definition) is 7. The van der Waals surface area contributed by atoms with E-state index in [0.29, 0.717) is 37.9 Å². The van der Waals surface area contributed by atoms with Crippen LogP contribution in [0.15, 0.2) is 53.9 Å². The zero-order valence-corrected chi connectivity index (χ0v) is 19.4. The van der Waals surface area contributed by atoms with Crippen molar-refractivity contribution in [1.29, 1.82) is 0 Å². The molecule has 4 rings (SSSR count). The number of methoxy groups -OCH3 is 1. The Labute approximate surface area is 197 Å². The van der Waals surface area contributed by atoms with E-state index in [9.17, 15) is 9.59 Å². The summed E-state index contributed by atoms with van der Waals surface area (Å²) in [4.78, 5) is 34.7. The zero-order valence-electron chi connectivity index (χ0n) is 17.0. The maximum atomic E-state index is 12.5. The minimum absolute atomic E-state index is 0.265. The number of amides is 2. The van der Waals surface area contributed by atoms with Gasteiger partial charge < -0.3 is 4.74 Å². The second-order valence-electron chi connectivity index (χ2n) is 6.59. The third-order valence-electron chi connectivity index (χ3n) is 4.45. The quantitative estimate of drug-likeness (QED) is 0.364. The molecule has 2 aromatic carbocycles. The number of hydrogen-bond donors (Lipinski definition) is 2. The lowest BCUT2D eigenvalue weighted by atomic mass is 10.2. The molecule has 0 saturated heterocycles. The number of rotatable bonds is 6. The van der Waals surface area contributed by atoms with Gasteiger partial charge in [-0.3, -0.25) is 20.2 Å². The van der Waals surface area contributed by atoms with Gasteiger partial charge in [0.1, 0.15) is 5.75 Å². The molecule has 0 spiro atoms. The highest BCUT2D eigenvalue weighted by Gasteiger charge is 2.17. The summed E-state index contributed by atoms with van der Waals surface area (Å²) in [6, 6.07) is 13.6. The molecule has 0 saturated carbocycles. The average Bonchev–Trinajstić information content (AvgIpc) is 3.39. The van der Waals surface area contributed by atoms with Gasteiger partial charge in [0.25, 0.3) is 11.8 Å². The molecule has 0 radical (unpaired) electrons. The standard InChI is InChI=1S/C22H17ClN4O3S2/c1-12-18(32-22(24-12)26-19(28)13-7-9-14(30-2)10-8-13)17-11-31-21(25-17)27-20(29)15-5-3-4-6-16(15)23/h3-11H,1-2H3,(H,24,26,28)(H,25,27,29). The first-order chi connectivity index (χ1) is 15.4. The number of anilines is 2. The summed E-state index contributed by atoms with van der Waals surface area (Å²) < 4.78 is 5.11. The third kappa shape index (κ3) is 4.80. The van der Waals surface area contributed by atoms with Crippen molar-refractivity contribution in [2.75, 3.05) is 17.7 Å². The van der Waals surface area contributed by atoms with Gasteiger partial charge in [0, 0.05) is 10.9 Å². The second kappa shape index (κ2) is 9.47. The molecule has 0 aliphatic heterocycles. The Kier molecular flexibility index (Phi) is 6.50. The summed E-state index contributed by atoms with van der Waals surface area (Å²) in [5.74, 6) is 0.0822. The molecule has 162 valence electrons. The predicted octanol–water partition coefficient (Wildman–Crippen LogP) is 5.74. The fourth-order valence-corrected chi connectivity index (χ4v) is 4.76. The Hall–Kier alpha value is -3.27. The summed E-state index contributed by atoms with van der Waals surface area (Å²) in [5, 5.41) is 8.69.